The zero-order valence-corrected chi connectivity index (χ0v) is 18.9. The predicted octanol–water partition coefficient (Wildman–Crippen LogP) is 3.01. The van der Waals surface area contributed by atoms with E-state index in [2.05, 4.69) is 20.8 Å². The maximum Gasteiger partial charge on any atom is 0.325 e. The van der Waals surface area contributed by atoms with Gasteiger partial charge < -0.3 is 19.9 Å². The summed E-state index contributed by atoms with van der Waals surface area (Å²) in [6.07, 6.45) is 1.00. The maximum absolute atomic E-state index is 13.4. The van der Waals surface area contributed by atoms with Crippen molar-refractivity contribution in [3.8, 4) is 5.75 Å². The number of imide groups is 1. The van der Waals surface area contributed by atoms with Crippen LogP contribution in [0.1, 0.15) is 37.0 Å². The second-order valence-electron chi connectivity index (χ2n) is 7.87. The van der Waals surface area contributed by atoms with E-state index in [4.69, 9.17) is 9.26 Å². The fraction of sp³-hybridized carbons (Fsp3) is 0.292. The molecule has 1 atom stereocenters. The number of rotatable bonds is 9. The Balaban J connectivity index is 1.45. The quantitative estimate of drug-likeness (QED) is 0.467. The standard InChI is InChI=1S/C24H25N5O5/c1-3-13-24(16-9-5-4-6-10-16)22(31)29(23(32)27-24)15-21-26-19(28-34-21)14-20(30)25-17-11-7-8-12-18(17)33-2/h4-12H,3,13-15H2,1-2H3,(H,25,30)(H,27,32)/t24-/m1/s1. The molecule has 34 heavy (non-hydrogen) atoms. The number of aromatic nitrogens is 2. The topological polar surface area (TPSA) is 127 Å². The van der Waals surface area contributed by atoms with E-state index in [1.807, 2.05) is 37.3 Å². The molecule has 176 valence electrons. The van der Waals surface area contributed by atoms with E-state index in [9.17, 15) is 14.4 Å². The normalized spacial score (nSPS) is 17.5. The summed E-state index contributed by atoms with van der Waals surface area (Å²) in [6, 6.07) is 15.6. The molecule has 1 saturated heterocycles. The second kappa shape index (κ2) is 9.74. The van der Waals surface area contributed by atoms with Crippen LogP contribution in [0.2, 0.25) is 0 Å². The largest absolute Gasteiger partial charge is 0.495 e. The number of methoxy groups -OCH3 is 1. The molecule has 2 heterocycles. The molecule has 0 spiro atoms. The number of ether oxygens (including phenoxy) is 1. The van der Waals surface area contributed by atoms with Gasteiger partial charge in [0.25, 0.3) is 5.91 Å². The Morgan fingerprint density at radius 1 is 1.15 bits per heavy atom. The van der Waals surface area contributed by atoms with Crippen molar-refractivity contribution in [1.29, 1.82) is 0 Å². The lowest BCUT2D eigenvalue weighted by Gasteiger charge is -2.26. The number of urea groups is 1. The molecular weight excluding hydrogens is 438 g/mol. The molecule has 0 saturated carbocycles. The minimum atomic E-state index is -1.13. The van der Waals surface area contributed by atoms with Crippen LogP contribution in [0.15, 0.2) is 59.1 Å². The van der Waals surface area contributed by atoms with E-state index >= 15 is 0 Å². The molecule has 1 fully saturated rings. The summed E-state index contributed by atoms with van der Waals surface area (Å²) < 4.78 is 10.4. The van der Waals surface area contributed by atoms with E-state index in [1.165, 1.54) is 7.11 Å². The lowest BCUT2D eigenvalue weighted by molar-refractivity contribution is -0.132. The summed E-state index contributed by atoms with van der Waals surface area (Å²) in [4.78, 5) is 43.7. The fourth-order valence-electron chi connectivity index (χ4n) is 4.02. The predicted molar refractivity (Wildman–Crippen MR) is 122 cm³/mol. The van der Waals surface area contributed by atoms with Crippen molar-refractivity contribution in [1.82, 2.24) is 20.4 Å². The fourth-order valence-corrected chi connectivity index (χ4v) is 4.02. The number of nitrogens with zero attached hydrogens (tertiary/aromatic N) is 3. The summed E-state index contributed by atoms with van der Waals surface area (Å²) >= 11 is 0. The van der Waals surface area contributed by atoms with Gasteiger partial charge in [-0.05, 0) is 24.1 Å². The number of hydrogen-bond donors (Lipinski definition) is 2. The van der Waals surface area contributed by atoms with Gasteiger partial charge >= 0.3 is 6.03 Å². The molecule has 1 aromatic heterocycles. The average molecular weight is 463 g/mol. The van der Waals surface area contributed by atoms with E-state index in [0.717, 1.165) is 10.5 Å². The summed E-state index contributed by atoms with van der Waals surface area (Å²) in [6.45, 7) is 1.76. The Labute approximate surface area is 196 Å². The zero-order valence-electron chi connectivity index (χ0n) is 18.9. The average Bonchev–Trinajstić information content (AvgIpc) is 3.38. The molecule has 4 amide bonds. The van der Waals surface area contributed by atoms with Gasteiger partial charge in [0, 0.05) is 0 Å². The smallest absolute Gasteiger partial charge is 0.325 e. The van der Waals surface area contributed by atoms with Crippen LogP contribution in [0, 0.1) is 0 Å². The zero-order chi connectivity index (χ0) is 24.1. The van der Waals surface area contributed by atoms with Crippen LogP contribution in [0.3, 0.4) is 0 Å². The third-order valence-corrected chi connectivity index (χ3v) is 5.57. The van der Waals surface area contributed by atoms with Gasteiger partial charge in [-0.15, -0.1) is 0 Å². The van der Waals surface area contributed by atoms with Crippen LogP contribution in [-0.2, 0) is 28.1 Å². The van der Waals surface area contributed by atoms with Crippen molar-refractivity contribution in [3.63, 3.8) is 0 Å². The van der Waals surface area contributed by atoms with Gasteiger partial charge in [0.2, 0.25) is 11.8 Å². The van der Waals surface area contributed by atoms with Crippen LogP contribution in [0.25, 0.3) is 0 Å². The Morgan fingerprint density at radius 2 is 1.88 bits per heavy atom. The molecule has 0 aliphatic carbocycles. The Morgan fingerprint density at radius 3 is 2.62 bits per heavy atom. The minimum absolute atomic E-state index is 0.0592. The van der Waals surface area contributed by atoms with Crippen LogP contribution in [-0.4, -0.2) is 40.0 Å². The van der Waals surface area contributed by atoms with E-state index in [0.29, 0.717) is 24.3 Å². The van der Waals surface area contributed by atoms with Crippen molar-refractivity contribution < 1.29 is 23.6 Å². The molecule has 4 rings (SSSR count). The molecule has 1 aliphatic rings. The molecule has 0 radical (unpaired) electrons. The van der Waals surface area contributed by atoms with Crippen molar-refractivity contribution in [2.24, 2.45) is 0 Å². The van der Waals surface area contributed by atoms with Gasteiger partial charge in [-0.1, -0.05) is 61.0 Å². The summed E-state index contributed by atoms with van der Waals surface area (Å²) in [5.41, 5.74) is 0.105. The number of amides is 4. The number of benzene rings is 2. The highest BCUT2D eigenvalue weighted by atomic mass is 16.5. The van der Waals surface area contributed by atoms with Gasteiger partial charge in [-0.2, -0.15) is 4.98 Å². The van der Waals surface area contributed by atoms with E-state index < -0.39 is 11.6 Å². The van der Waals surface area contributed by atoms with Gasteiger partial charge in [0.1, 0.15) is 17.8 Å². The highest BCUT2D eigenvalue weighted by Crippen LogP contribution is 2.34. The molecule has 0 bridgehead atoms. The van der Waals surface area contributed by atoms with Crippen molar-refractivity contribution in [3.05, 3.63) is 71.9 Å². The molecule has 0 unspecified atom stereocenters. The summed E-state index contributed by atoms with van der Waals surface area (Å²) in [5, 5.41) is 9.40. The first-order chi connectivity index (χ1) is 16.5. The lowest BCUT2D eigenvalue weighted by Crippen LogP contribution is -2.43. The van der Waals surface area contributed by atoms with Crippen LogP contribution >= 0.6 is 0 Å². The highest BCUT2D eigenvalue weighted by Gasteiger charge is 2.52. The third kappa shape index (κ3) is 4.47. The second-order valence-corrected chi connectivity index (χ2v) is 7.87. The van der Waals surface area contributed by atoms with E-state index in [1.54, 1.807) is 24.3 Å². The summed E-state index contributed by atoms with van der Waals surface area (Å²) in [7, 11) is 1.51. The Bertz CT molecular complexity index is 1200. The Kier molecular flexibility index (Phi) is 6.58. The van der Waals surface area contributed by atoms with Crippen LogP contribution in [0.5, 0.6) is 5.75 Å². The van der Waals surface area contributed by atoms with Crippen molar-refractivity contribution >= 4 is 23.5 Å². The van der Waals surface area contributed by atoms with Gasteiger partial charge in [0.05, 0.1) is 19.2 Å². The number of anilines is 1. The molecule has 3 aromatic rings. The molecule has 2 aromatic carbocycles. The number of hydrogen-bond acceptors (Lipinski definition) is 7. The SMILES string of the molecule is CCC[C@]1(c2ccccc2)NC(=O)N(Cc2nc(CC(=O)Nc3ccccc3OC)no2)C1=O. The molecule has 10 nitrogen and oxygen atoms in total. The number of carbonyl (C=O) groups is 3. The monoisotopic (exact) mass is 463 g/mol. The van der Waals surface area contributed by atoms with E-state index in [-0.39, 0.29) is 36.5 Å². The lowest BCUT2D eigenvalue weighted by atomic mass is 9.85. The van der Waals surface area contributed by atoms with Gasteiger partial charge in [-0.3, -0.25) is 14.5 Å². The molecule has 1 aliphatic heterocycles. The minimum Gasteiger partial charge on any atom is -0.495 e. The molecule has 2 N–H and O–H groups in total. The summed E-state index contributed by atoms with van der Waals surface area (Å²) in [5.74, 6) is -0.0180. The van der Waals surface area contributed by atoms with Crippen molar-refractivity contribution in [2.75, 3.05) is 12.4 Å². The molecule has 10 heteroatoms. The van der Waals surface area contributed by atoms with Crippen LogP contribution < -0.4 is 15.4 Å². The first kappa shape index (κ1) is 23.0. The Hall–Kier alpha value is -4.21. The molecular formula is C24H25N5O5. The first-order valence-electron chi connectivity index (χ1n) is 10.9. The number of carbonyl (C=O) groups excluding carboxylic acids is 3. The number of para-hydroxylation sites is 2. The highest BCUT2D eigenvalue weighted by molar-refractivity contribution is 6.07. The first-order valence-corrected chi connectivity index (χ1v) is 10.9. The number of nitrogens with one attached hydrogen (secondary N) is 2. The van der Waals surface area contributed by atoms with Gasteiger partial charge in [-0.25, -0.2) is 4.79 Å². The van der Waals surface area contributed by atoms with Crippen LogP contribution in [0.4, 0.5) is 10.5 Å². The van der Waals surface area contributed by atoms with Gasteiger partial charge in [0.15, 0.2) is 5.82 Å². The van der Waals surface area contributed by atoms with Crippen molar-refractivity contribution in [2.45, 2.75) is 38.3 Å². The maximum atomic E-state index is 13.4. The third-order valence-electron chi connectivity index (χ3n) is 5.57.